The Morgan fingerprint density at radius 2 is 1.57 bits per heavy atom. The van der Waals surface area contributed by atoms with Crippen molar-refractivity contribution >= 4 is 23.4 Å². The van der Waals surface area contributed by atoms with Crippen LogP contribution in [0, 0.1) is 0 Å². The first-order valence-corrected chi connectivity index (χ1v) is 9.58. The number of rotatable bonds is 6. The van der Waals surface area contributed by atoms with Crippen molar-refractivity contribution in [2.45, 2.75) is 10.1 Å². The summed E-state index contributed by atoms with van der Waals surface area (Å²) in [6.07, 6.45) is 1.52. The first kappa shape index (κ1) is 17.9. The van der Waals surface area contributed by atoms with Gasteiger partial charge in [-0.1, -0.05) is 48.5 Å². The molecular formula is C21H17N5OS. The van der Waals surface area contributed by atoms with Crippen LogP contribution in [-0.2, 0) is 4.79 Å². The van der Waals surface area contributed by atoms with Gasteiger partial charge in [-0.3, -0.25) is 4.79 Å². The van der Waals surface area contributed by atoms with E-state index in [1.807, 2.05) is 84.9 Å². The van der Waals surface area contributed by atoms with Crippen LogP contribution < -0.4 is 5.32 Å². The standard InChI is InChI=1S/C21H17N5OS/c27-21(23-17-11-13-18(14-12-17)26-15-22-24-25-26)20(16-7-3-1-4-8-16)28-19-9-5-2-6-10-19/h1-15,20H,(H,23,27). The summed E-state index contributed by atoms with van der Waals surface area (Å²) >= 11 is 1.53. The smallest absolute Gasteiger partial charge is 0.242 e. The zero-order chi connectivity index (χ0) is 19.2. The maximum atomic E-state index is 13.1. The van der Waals surface area contributed by atoms with Crippen molar-refractivity contribution in [1.82, 2.24) is 20.2 Å². The van der Waals surface area contributed by atoms with Crippen molar-refractivity contribution in [3.63, 3.8) is 0 Å². The van der Waals surface area contributed by atoms with E-state index in [9.17, 15) is 4.79 Å². The highest BCUT2D eigenvalue weighted by atomic mass is 32.2. The number of nitrogens with zero attached hydrogens (tertiary/aromatic N) is 4. The van der Waals surface area contributed by atoms with E-state index in [2.05, 4.69) is 20.8 Å². The number of carbonyl (C=O) groups excluding carboxylic acids is 1. The molecule has 138 valence electrons. The van der Waals surface area contributed by atoms with Gasteiger partial charge in [-0.05, 0) is 52.4 Å². The Hall–Kier alpha value is -3.45. The van der Waals surface area contributed by atoms with Gasteiger partial charge >= 0.3 is 0 Å². The Balaban J connectivity index is 1.53. The van der Waals surface area contributed by atoms with Crippen molar-refractivity contribution in [3.05, 3.63) is 96.8 Å². The molecule has 0 aliphatic heterocycles. The molecule has 0 fully saturated rings. The van der Waals surface area contributed by atoms with Crippen LogP contribution in [0.25, 0.3) is 5.69 Å². The van der Waals surface area contributed by atoms with E-state index in [1.54, 1.807) is 4.68 Å². The highest BCUT2D eigenvalue weighted by Gasteiger charge is 2.22. The number of carbonyl (C=O) groups is 1. The van der Waals surface area contributed by atoms with Gasteiger partial charge in [-0.25, -0.2) is 4.68 Å². The van der Waals surface area contributed by atoms with Crippen molar-refractivity contribution in [2.75, 3.05) is 5.32 Å². The summed E-state index contributed by atoms with van der Waals surface area (Å²) in [5.41, 5.74) is 2.50. The molecule has 1 amide bonds. The lowest BCUT2D eigenvalue weighted by Crippen LogP contribution is -2.19. The van der Waals surface area contributed by atoms with Crippen LogP contribution >= 0.6 is 11.8 Å². The van der Waals surface area contributed by atoms with Crippen LogP contribution in [0.4, 0.5) is 5.69 Å². The molecule has 3 aromatic carbocycles. The summed E-state index contributed by atoms with van der Waals surface area (Å²) in [4.78, 5) is 14.1. The normalized spacial score (nSPS) is 11.7. The third-order valence-electron chi connectivity index (χ3n) is 4.09. The molecule has 0 aliphatic carbocycles. The summed E-state index contributed by atoms with van der Waals surface area (Å²) in [5.74, 6) is -0.0739. The molecule has 4 aromatic rings. The van der Waals surface area contributed by atoms with Gasteiger partial charge < -0.3 is 5.32 Å². The monoisotopic (exact) mass is 387 g/mol. The third kappa shape index (κ3) is 4.27. The number of tetrazole rings is 1. The third-order valence-corrected chi connectivity index (χ3v) is 5.35. The largest absolute Gasteiger partial charge is 0.325 e. The number of hydrogen-bond acceptors (Lipinski definition) is 5. The maximum Gasteiger partial charge on any atom is 0.242 e. The number of aromatic nitrogens is 4. The first-order chi connectivity index (χ1) is 13.8. The maximum absolute atomic E-state index is 13.1. The fourth-order valence-corrected chi connectivity index (χ4v) is 3.77. The summed E-state index contributed by atoms with van der Waals surface area (Å²) in [6, 6.07) is 27.1. The zero-order valence-electron chi connectivity index (χ0n) is 14.8. The average molecular weight is 387 g/mol. The quantitative estimate of drug-likeness (QED) is 0.504. The number of thioether (sulfide) groups is 1. The van der Waals surface area contributed by atoms with Crippen LogP contribution in [-0.4, -0.2) is 26.1 Å². The van der Waals surface area contributed by atoms with E-state index in [1.165, 1.54) is 18.1 Å². The van der Waals surface area contributed by atoms with Crippen LogP contribution in [0.5, 0.6) is 0 Å². The van der Waals surface area contributed by atoms with Crippen LogP contribution in [0.2, 0.25) is 0 Å². The Kier molecular flexibility index (Phi) is 5.44. The number of nitrogens with one attached hydrogen (secondary N) is 1. The number of amides is 1. The predicted octanol–water partition coefficient (Wildman–Crippen LogP) is 4.13. The molecule has 1 heterocycles. The highest BCUT2D eigenvalue weighted by Crippen LogP contribution is 2.36. The van der Waals surface area contributed by atoms with Gasteiger partial charge in [0.15, 0.2) is 0 Å². The second kappa shape index (κ2) is 8.49. The minimum atomic E-state index is -0.359. The molecule has 0 bridgehead atoms. The van der Waals surface area contributed by atoms with E-state index >= 15 is 0 Å². The highest BCUT2D eigenvalue weighted by molar-refractivity contribution is 8.00. The van der Waals surface area contributed by atoms with Crippen LogP contribution in [0.3, 0.4) is 0 Å². The van der Waals surface area contributed by atoms with Gasteiger partial charge in [0.05, 0.1) is 5.69 Å². The number of anilines is 1. The second-order valence-electron chi connectivity index (χ2n) is 6.01. The molecule has 1 aromatic heterocycles. The summed E-state index contributed by atoms with van der Waals surface area (Å²) in [7, 11) is 0. The Bertz CT molecular complexity index is 1020. The van der Waals surface area contributed by atoms with Gasteiger partial charge in [-0.15, -0.1) is 16.9 Å². The van der Waals surface area contributed by atoms with E-state index in [0.29, 0.717) is 0 Å². The summed E-state index contributed by atoms with van der Waals surface area (Å²) < 4.78 is 1.56. The van der Waals surface area contributed by atoms with Crippen molar-refractivity contribution in [3.8, 4) is 5.69 Å². The molecule has 0 aliphatic rings. The Labute approximate surface area is 166 Å². The lowest BCUT2D eigenvalue weighted by molar-refractivity contribution is -0.115. The Morgan fingerprint density at radius 1 is 0.893 bits per heavy atom. The summed E-state index contributed by atoms with van der Waals surface area (Å²) in [6.45, 7) is 0. The van der Waals surface area contributed by atoms with Gasteiger partial charge in [0, 0.05) is 10.6 Å². The zero-order valence-corrected chi connectivity index (χ0v) is 15.7. The molecule has 6 nitrogen and oxygen atoms in total. The second-order valence-corrected chi connectivity index (χ2v) is 7.19. The number of benzene rings is 3. The van der Waals surface area contributed by atoms with E-state index in [4.69, 9.17) is 0 Å². The molecule has 0 saturated heterocycles. The van der Waals surface area contributed by atoms with Gasteiger partial charge in [-0.2, -0.15) is 0 Å². The van der Waals surface area contributed by atoms with Gasteiger partial charge in [0.25, 0.3) is 0 Å². The molecule has 1 N–H and O–H groups in total. The van der Waals surface area contributed by atoms with E-state index in [-0.39, 0.29) is 11.2 Å². The fraction of sp³-hybridized carbons (Fsp3) is 0.0476. The molecule has 0 radical (unpaired) electrons. The molecule has 0 spiro atoms. The van der Waals surface area contributed by atoms with E-state index < -0.39 is 0 Å². The molecule has 1 unspecified atom stereocenters. The Morgan fingerprint density at radius 3 is 2.21 bits per heavy atom. The van der Waals surface area contributed by atoms with Crippen molar-refractivity contribution in [1.29, 1.82) is 0 Å². The van der Waals surface area contributed by atoms with Crippen LogP contribution in [0.1, 0.15) is 10.8 Å². The minimum absolute atomic E-state index is 0.0739. The first-order valence-electron chi connectivity index (χ1n) is 8.70. The predicted molar refractivity (Wildman–Crippen MR) is 109 cm³/mol. The lowest BCUT2D eigenvalue weighted by Gasteiger charge is -2.17. The van der Waals surface area contributed by atoms with Crippen molar-refractivity contribution in [2.24, 2.45) is 0 Å². The molecule has 4 rings (SSSR count). The van der Waals surface area contributed by atoms with Crippen LogP contribution in [0.15, 0.2) is 96.2 Å². The number of hydrogen-bond donors (Lipinski definition) is 1. The topological polar surface area (TPSA) is 72.7 Å². The van der Waals surface area contributed by atoms with Gasteiger partial charge in [0.2, 0.25) is 5.91 Å². The minimum Gasteiger partial charge on any atom is -0.325 e. The molecule has 7 heteroatoms. The molecule has 1 atom stereocenters. The van der Waals surface area contributed by atoms with Crippen molar-refractivity contribution < 1.29 is 4.79 Å². The average Bonchev–Trinajstić information content (AvgIpc) is 3.29. The SMILES string of the molecule is O=C(Nc1ccc(-n2cnnn2)cc1)C(Sc1ccccc1)c1ccccc1. The van der Waals surface area contributed by atoms with E-state index in [0.717, 1.165) is 21.8 Å². The molecule has 0 saturated carbocycles. The molecular weight excluding hydrogens is 370 g/mol. The fourth-order valence-electron chi connectivity index (χ4n) is 2.72. The summed E-state index contributed by atoms with van der Waals surface area (Å²) in [5, 5.41) is 13.8. The van der Waals surface area contributed by atoms with Gasteiger partial charge in [0.1, 0.15) is 11.6 Å². The lowest BCUT2D eigenvalue weighted by atomic mass is 10.1. The molecule has 28 heavy (non-hydrogen) atoms.